The lowest BCUT2D eigenvalue weighted by atomic mass is 9.97. The molecule has 0 atom stereocenters. The van der Waals surface area contributed by atoms with Crippen LogP contribution in [0.1, 0.15) is 24.0 Å². The highest BCUT2D eigenvalue weighted by Crippen LogP contribution is 2.31. The summed E-state index contributed by atoms with van der Waals surface area (Å²) in [6.07, 6.45) is 0.709. The lowest BCUT2D eigenvalue weighted by molar-refractivity contribution is -0.385. The number of anilines is 1. The molecule has 9 nitrogen and oxygen atoms in total. The molecule has 31 heavy (non-hydrogen) atoms. The first-order valence-electron chi connectivity index (χ1n) is 9.84. The number of nitro groups is 1. The quantitative estimate of drug-likeness (QED) is 0.536. The zero-order chi connectivity index (χ0) is 22.8. The number of piperidine rings is 1. The van der Waals surface area contributed by atoms with Crippen LogP contribution < -0.4 is 10.1 Å². The summed E-state index contributed by atoms with van der Waals surface area (Å²) in [7, 11) is -2.33. The van der Waals surface area contributed by atoms with Gasteiger partial charge in [0.1, 0.15) is 10.6 Å². The number of nitrogens with zero attached hydrogens (tertiary/aromatic N) is 2. The Labute approximate surface area is 181 Å². The van der Waals surface area contributed by atoms with E-state index in [2.05, 4.69) is 5.32 Å². The van der Waals surface area contributed by atoms with Gasteiger partial charge in [0.2, 0.25) is 15.9 Å². The van der Waals surface area contributed by atoms with E-state index in [1.54, 1.807) is 31.2 Å². The highest BCUT2D eigenvalue weighted by atomic mass is 32.2. The molecule has 0 spiro atoms. The number of ether oxygens (including phenoxy) is 1. The van der Waals surface area contributed by atoms with Crippen LogP contribution in [0.4, 0.5) is 11.4 Å². The second-order valence-corrected chi connectivity index (χ2v) is 9.44. The molecule has 1 amide bonds. The van der Waals surface area contributed by atoms with Crippen molar-refractivity contribution in [2.45, 2.75) is 31.6 Å². The number of methoxy groups -OCH3 is 1. The van der Waals surface area contributed by atoms with Gasteiger partial charge in [-0.15, -0.1) is 0 Å². The molecule has 0 saturated carbocycles. The Kier molecular flexibility index (Phi) is 6.61. The first kappa shape index (κ1) is 22.7. The predicted octanol–water partition coefficient (Wildman–Crippen LogP) is 3.26. The number of nitrogens with one attached hydrogen (secondary N) is 1. The lowest BCUT2D eigenvalue weighted by Crippen LogP contribution is -2.41. The van der Waals surface area contributed by atoms with E-state index in [0.29, 0.717) is 24.1 Å². The minimum atomic E-state index is -3.76. The number of hydrogen-bond acceptors (Lipinski definition) is 6. The molecule has 1 aliphatic heterocycles. The van der Waals surface area contributed by atoms with E-state index in [1.807, 2.05) is 6.92 Å². The molecule has 2 aromatic carbocycles. The largest absolute Gasteiger partial charge is 0.495 e. The predicted molar refractivity (Wildman–Crippen MR) is 116 cm³/mol. The molecule has 1 saturated heterocycles. The molecule has 0 bridgehead atoms. The number of sulfonamides is 1. The zero-order valence-corrected chi connectivity index (χ0v) is 18.4. The highest BCUT2D eigenvalue weighted by molar-refractivity contribution is 7.89. The van der Waals surface area contributed by atoms with E-state index in [0.717, 1.165) is 5.56 Å². The van der Waals surface area contributed by atoms with Crippen LogP contribution in [0.5, 0.6) is 5.75 Å². The molecular weight excluding hydrogens is 422 g/mol. The summed E-state index contributed by atoms with van der Waals surface area (Å²) in [6.45, 7) is 3.79. The minimum absolute atomic E-state index is 0.0641. The molecule has 1 heterocycles. The number of carbonyl (C=O) groups excluding carboxylic acids is 1. The number of aryl methyl sites for hydroxylation is 1. The van der Waals surface area contributed by atoms with Gasteiger partial charge in [0.05, 0.1) is 23.3 Å². The molecule has 1 aliphatic rings. The fourth-order valence-corrected chi connectivity index (χ4v) is 5.38. The zero-order valence-electron chi connectivity index (χ0n) is 17.6. The van der Waals surface area contributed by atoms with Crippen LogP contribution in [-0.2, 0) is 14.8 Å². The smallest absolute Gasteiger partial charge is 0.274 e. The van der Waals surface area contributed by atoms with E-state index >= 15 is 0 Å². The van der Waals surface area contributed by atoms with Gasteiger partial charge in [0.15, 0.2) is 0 Å². The van der Waals surface area contributed by atoms with Crippen molar-refractivity contribution in [2.75, 3.05) is 25.5 Å². The van der Waals surface area contributed by atoms with Crippen LogP contribution in [0.3, 0.4) is 0 Å². The molecule has 3 rings (SSSR count). The number of nitro benzene ring substituents is 1. The summed E-state index contributed by atoms with van der Waals surface area (Å²) in [5, 5.41) is 13.9. The Bertz CT molecular complexity index is 1110. The third-order valence-electron chi connectivity index (χ3n) is 5.52. The van der Waals surface area contributed by atoms with Gasteiger partial charge in [0.25, 0.3) is 5.69 Å². The lowest BCUT2D eigenvalue weighted by Gasteiger charge is -2.31. The Balaban J connectivity index is 1.70. The van der Waals surface area contributed by atoms with Gasteiger partial charge in [0, 0.05) is 25.1 Å². The number of hydrogen-bond donors (Lipinski definition) is 1. The van der Waals surface area contributed by atoms with E-state index in [1.165, 1.54) is 23.5 Å². The van der Waals surface area contributed by atoms with Crippen LogP contribution in [0.25, 0.3) is 0 Å². The van der Waals surface area contributed by atoms with Crippen molar-refractivity contribution in [3.8, 4) is 5.75 Å². The van der Waals surface area contributed by atoms with Crippen LogP contribution in [0.2, 0.25) is 0 Å². The van der Waals surface area contributed by atoms with E-state index in [4.69, 9.17) is 4.74 Å². The van der Waals surface area contributed by atoms with Crippen molar-refractivity contribution in [3.05, 3.63) is 57.6 Å². The third-order valence-corrected chi connectivity index (χ3v) is 7.44. The average molecular weight is 448 g/mol. The fraction of sp³-hybridized carbons (Fsp3) is 0.381. The summed E-state index contributed by atoms with van der Waals surface area (Å²) in [4.78, 5) is 23.4. The maximum Gasteiger partial charge on any atom is 0.274 e. The van der Waals surface area contributed by atoms with Crippen molar-refractivity contribution >= 4 is 27.3 Å². The molecule has 0 aromatic heterocycles. The molecule has 1 fully saturated rings. The minimum Gasteiger partial charge on any atom is -0.495 e. The van der Waals surface area contributed by atoms with E-state index < -0.39 is 14.9 Å². The van der Waals surface area contributed by atoms with Gasteiger partial charge in [-0.1, -0.05) is 12.1 Å². The van der Waals surface area contributed by atoms with Gasteiger partial charge >= 0.3 is 0 Å². The molecule has 2 aromatic rings. The van der Waals surface area contributed by atoms with Crippen LogP contribution >= 0.6 is 0 Å². The Morgan fingerprint density at radius 2 is 1.87 bits per heavy atom. The summed E-state index contributed by atoms with van der Waals surface area (Å²) >= 11 is 0. The fourth-order valence-electron chi connectivity index (χ4n) is 3.67. The first-order valence-corrected chi connectivity index (χ1v) is 11.3. The Morgan fingerprint density at radius 3 is 2.48 bits per heavy atom. The molecule has 1 N–H and O–H groups in total. The summed E-state index contributed by atoms with van der Waals surface area (Å²) < 4.78 is 32.8. The standard InChI is InChI=1S/C21H25N3O6S/c1-14-7-8-19(30-3)20(13-14)31(28,29)23-11-9-16(10-12-23)21(25)22-17-5-4-6-18(15(17)2)24(26)27/h4-8,13,16H,9-12H2,1-3H3,(H,22,25). The number of benzene rings is 2. The van der Waals surface area contributed by atoms with Crippen molar-refractivity contribution in [3.63, 3.8) is 0 Å². The Morgan fingerprint density at radius 1 is 1.19 bits per heavy atom. The van der Waals surface area contributed by atoms with Crippen molar-refractivity contribution < 1.29 is 22.9 Å². The summed E-state index contributed by atoms with van der Waals surface area (Å²) in [6, 6.07) is 9.51. The van der Waals surface area contributed by atoms with Gasteiger partial charge in [-0.2, -0.15) is 4.31 Å². The van der Waals surface area contributed by atoms with Crippen LogP contribution in [0.15, 0.2) is 41.3 Å². The molecule has 0 radical (unpaired) electrons. The molecule has 0 aliphatic carbocycles. The van der Waals surface area contributed by atoms with E-state index in [-0.39, 0.29) is 41.2 Å². The SMILES string of the molecule is COc1ccc(C)cc1S(=O)(=O)N1CCC(C(=O)Nc2cccc([N+](=O)[O-])c2C)CC1. The normalized spacial score (nSPS) is 15.5. The van der Waals surface area contributed by atoms with Crippen LogP contribution in [-0.4, -0.2) is 43.8 Å². The monoisotopic (exact) mass is 447 g/mol. The second-order valence-electron chi connectivity index (χ2n) is 7.53. The maximum atomic E-state index is 13.1. The molecular formula is C21H25N3O6S. The number of rotatable bonds is 6. The van der Waals surface area contributed by atoms with Gasteiger partial charge in [-0.25, -0.2) is 8.42 Å². The number of amides is 1. The van der Waals surface area contributed by atoms with Crippen molar-refractivity contribution in [1.82, 2.24) is 4.31 Å². The Hall–Kier alpha value is -2.98. The summed E-state index contributed by atoms with van der Waals surface area (Å²) in [5.74, 6) is -0.370. The maximum absolute atomic E-state index is 13.1. The second kappa shape index (κ2) is 9.03. The average Bonchev–Trinajstić information content (AvgIpc) is 2.75. The van der Waals surface area contributed by atoms with Gasteiger partial charge in [-0.05, 0) is 50.5 Å². The number of carbonyl (C=O) groups is 1. The van der Waals surface area contributed by atoms with E-state index in [9.17, 15) is 23.3 Å². The summed E-state index contributed by atoms with van der Waals surface area (Å²) in [5.41, 5.74) is 1.51. The first-order chi connectivity index (χ1) is 14.6. The third kappa shape index (κ3) is 4.70. The molecule has 10 heteroatoms. The molecule has 166 valence electrons. The van der Waals surface area contributed by atoms with Gasteiger partial charge in [-0.3, -0.25) is 14.9 Å². The van der Waals surface area contributed by atoms with Crippen molar-refractivity contribution in [1.29, 1.82) is 0 Å². The molecule has 0 unspecified atom stereocenters. The van der Waals surface area contributed by atoms with Gasteiger partial charge < -0.3 is 10.1 Å². The van der Waals surface area contributed by atoms with Crippen LogP contribution in [0, 0.1) is 29.9 Å². The van der Waals surface area contributed by atoms with Crippen molar-refractivity contribution in [2.24, 2.45) is 5.92 Å². The topological polar surface area (TPSA) is 119 Å². The highest BCUT2D eigenvalue weighted by Gasteiger charge is 2.34.